The normalized spacial score (nSPS) is 18.3. The Balaban J connectivity index is 1.71. The van der Waals surface area contributed by atoms with Crippen LogP contribution in [0.4, 0.5) is 0 Å². The summed E-state index contributed by atoms with van der Waals surface area (Å²) in [6, 6.07) is 6.69. The largest absolute Gasteiger partial charge is 0.469 e. The number of fused-ring (bicyclic) bond motifs is 1. The summed E-state index contributed by atoms with van der Waals surface area (Å²) in [5, 5.41) is 3.63. The van der Waals surface area contributed by atoms with Gasteiger partial charge in [0.2, 0.25) is 0 Å². The van der Waals surface area contributed by atoms with Crippen LogP contribution in [0.2, 0.25) is 0 Å². The number of nitrogens with zero attached hydrogens (tertiary/aromatic N) is 1. The fourth-order valence-electron chi connectivity index (χ4n) is 2.87. The highest BCUT2D eigenvalue weighted by Gasteiger charge is 2.22. The van der Waals surface area contributed by atoms with E-state index in [2.05, 4.69) is 29.4 Å². The standard InChI is InChI=1S/C16H20N2O/c1-2-12-5-4-9-17-15(12)11-18-14-6-3-7-16-13(14)8-10-19-16/h4-5,8-10,14,18H,2-3,6-7,11H2,1H3. The first-order valence-electron chi connectivity index (χ1n) is 7.11. The lowest BCUT2D eigenvalue weighted by molar-refractivity contribution is 0.409. The first-order valence-corrected chi connectivity index (χ1v) is 7.11. The van der Waals surface area contributed by atoms with Crippen LogP contribution in [0.5, 0.6) is 0 Å². The molecule has 1 aliphatic carbocycles. The van der Waals surface area contributed by atoms with Crippen LogP contribution in [0.3, 0.4) is 0 Å². The highest BCUT2D eigenvalue weighted by atomic mass is 16.3. The van der Waals surface area contributed by atoms with E-state index in [-0.39, 0.29) is 0 Å². The van der Waals surface area contributed by atoms with Gasteiger partial charge < -0.3 is 9.73 Å². The van der Waals surface area contributed by atoms with Gasteiger partial charge in [0.1, 0.15) is 5.76 Å². The maximum absolute atomic E-state index is 5.53. The van der Waals surface area contributed by atoms with E-state index in [4.69, 9.17) is 4.42 Å². The maximum Gasteiger partial charge on any atom is 0.108 e. The summed E-state index contributed by atoms with van der Waals surface area (Å²) in [6.45, 7) is 3.01. The molecule has 0 saturated carbocycles. The number of pyridine rings is 1. The van der Waals surface area contributed by atoms with E-state index >= 15 is 0 Å². The van der Waals surface area contributed by atoms with E-state index in [1.54, 1.807) is 0 Å². The minimum absolute atomic E-state index is 0.411. The lowest BCUT2D eigenvalue weighted by Gasteiger charge is -2.23. The van der Waals surface area contributed by atoms with E-state index < -0.39 is 0 Å². The predicted molar refractivity (Wildman–Crippen MR) is 74.8 cm³/mol. The Morgan fingerprint density at radius 1 is 1.42 bits per heavy atom. The van der Waals surface area contributed by atoms with Gasteiger partial charge in [-0.1, -0.05) is 13.0 Å². The molecule has 3 rings (SSSR count). The third-order valence-corrected chi connectivity index (χ3v) is 3.93. The second kappa shape index (κ2) is 5.57. The van der Waals surface area contributed by atoms with E-state index in [9.17, 15) is 0 Å². The molecule has 0 bridgehead atoms. The summed E-state index contributed by atoms with van der Waals surface area (Å²) >= 11 is 0. The fourth-order valence-corrected chi connectivity index (χ4v) is 2.87. The summed E-state index contributed by atoms with van der Waals surface area (Å²) in [5.74, 6) is 1.15. The fraction of sp³-hybridized carbons (Fsp3) is 0.438. The number of hydrogen-bond donors (Lipinski definition) is 1. The highest BCUT2D eigenvalue weighted by molar-refractivity contribution is 5.25. The zero-order chi connectivity index (χ0) is 13.1. The van der Waals surface area contributed by atoms with E-state index in [0.717, 1.165) is 25.1 Å². The van der Waals surface area contributed by atoms with Crippen molar-refractivity contribution in [2.75, 3.05) is 0 Å². The zero-order valence-corrected chi connectivity index (χ0v) is 11.4. The molecule has 0 aromatic carbocycles. The molecular formula is C16H20N2O. The minimum atomic E-state index is 0.411. The van der Waals surface area contributed by atoms with Crippen molar-refractivity contribution < 1.29 is 4.42 Å². The molecule has 0 amide bonds. The Labute approximate surface area is 114 Å². The number of furan rings is 1. The Kier molecular flexibility index (Phi) is 3.65. The van der Waals surface area contributed by atoms with Crippen LogP contribution in [0.1, 0.15) is 48.4 Å². The Bertz CT molecular complexity index is 547. The first-order chi connectivity index (χ1) is 9.38. The molecule has 0 spiro atoms. The predicted octanol–water partition coefficient (Wildman–Crippen LogP) is 3.40. The quantitative estimate of drug-likeness (QED) is 0.911. The molecule has 1 N–H and O–H groups in total. The van der Waals surface area contributed by atoms with E-state index in [0.29, 0.717) is 6.04 Å². The molecule has 2 aromatic heterocycles. The van der Waals surface area contributed by atoms with Crippen molar-refractivity contribution in [3.63, 3.8) is 0 Å². The van der Waals surface area contributed by atoms with Crippen LogP contribution in [-0.4, -0.2) is 4.98 Å². The molecule has 2 heterocycles. The first kappa shape index (κ1) is 12.4. The molecule has 3 heteroatoms. The maximum atomic E-state index is 5.53. The second-order valence-corrected chi connectivity index (χ2v) is 5.09. The van der Waals surface area contributed by atoms with Gasteiger partial charge in [0.15, 0.2) is 0 Å². The lowest BCUT2D eigenvalue weighted by Crippen LogP contribution is -2.25. The molecule has 1 unspecified atom stereocenters. The van der Waals surface area contributed by atoms with Crippen molar-refractivity contribution in [3.8, 4) is 0 Å². The molecule has 2 aromatic rings. The molecule has 0 saturated heterocycles. The number of nitrogens with one attached hydrogen (secondary N) is 1. The van der Waals surface area contributed by atoms with Crippen molar-refractivity contribution in [1.82, 2.24) is 10.3 Å². The molecule has 100 valence electrons. The van der Waals surface area contributed by atoms with Crippen LogP contribution in [0.25, 0.3) is 0 Å². The van der Waals surface area contributed by atoms with Crippen molar-refractivity contribution in [1.29, 1.82) is 0 Å². The summed E-state index contributed by atoms with van der Waals surface area (Å²) in [7, 11) is 0. The SMILES string of the molecule is CCc1cccnc1CNC1CCCc2occc21. The molecule has 1 aliphatic rings. The zero-order valence-electron chi connectivity index (χ0n) is 11.4. The average molecular weight is 256 g/mol. The van der Waals surface area contributed by atoms with E-state index in [1.807, 2.05) is 18.5 Å². The van der Waals surface area contributed by atoms with Gasteiger partial charge in [-0.15, -0.1) is 0 Å². The Morgan fingerprint density at radius 2 is 2.37 bits per heavy atom. The Hall–Kier alpha value is -1.61. The molecule has 0 radical (unpaired) electrons. The number of hydrogen-bond acceptors (Lipinski definition) is 3. The molecular weight excluding hydrogens is 236 g/mol. The van der Waals surface area contributed by atoms with Crippen molar-refractivity contribution in [2.45, 2.75) is 45.2 Å². The van der Waals surface area contributed by atoms with Crippen LogP contribution >= 0.6 is 0 Å². The van der Waals surface area contributed by atoms with Gasteiger partial charge in [0.05, 0.1) is 12.0 Å². The van der Waals surface area contributed by atoms with Crippen molar-refractivity contribution >= 4 is 0 Å². The summed E-state index contributed by atoms with van der Waals surface area (Å²) in [5.41, 5.74) is 3.83. The van der Waals surface area contributed by atoms with Gasteiger partial charge in [-0.25, -0.2) is 0 Å². The Morgan fingerprint density at radius 3 is 3.26 bits per heavy atom. The van der Waals surface area contributed by atoms with Crippen LogP contribution in [0.15, 0.2) is 35.1 Å². The summed E-state index contributed by atoms with van der Waals surface area (Å²) in [6.07, 6.45) is 8.17. The van der Waals surface area contributed by atoms with Gasteiger partial charge >= 0.3 is 0 Å². The third-order valence-electron chi connectivity index (χ3n) is 3.93. The van der Waals surface area contributed by atoms with Gasteiger partial charge in [0.25, 0.3) is 0 Å². The molecule has 1 atom stereocenters. The number of aromatic nitrogens is 1. The van der Waals surface area contributed by atoms with Gasteiger partial charge in [0, 0.05) is 30.8 Å². The van der Waals surface area contributed by atoms with Crippen molar-refractivity contribution in [3.05, 3.63) is 53.2 Å². The molecule has 19 heavy (non-hydrogen) atoms. The molecule has 3 nitrogen and oxygen atoms in total. The average Bonchev–Trinajstić information content (AvgIpc) is 2.94. The number of rotatable bonds is 4. The highest BCUT2D eigenvalue weighted by Crippen LogP contribution is 2.30. The van der Waals surface area contributed by atoms with Gasteiger partial charge in [-0.05, 0) is 37.0 Å². The second-order valence-electron chi connectivity index (χ2n) is 5.09. The summed E-state index contributed by atoms with van der Waals surface area (Å²) in [4.78, 5) is 4.49. The van der Waals surface area contributed by atoms with Gasteiger partial charge in [-0.3, -0.25) is 4.98 Å². The summed E-state index contributed by atoms with van der Waals surface area (Å²) < 4.78 is 5.53. The van der Waals surface area contributed by atoms with Crippen LogP contribution in [-0.2, 0) is 19.4 Å². The lowest BCUT2D eigenvalue weighted by atomic mass is 9.93. The van der Waals surface area contributed by atoms with Crippen LogP contribution in [0, 0.1) is 0 Å². The van der Waals surface area contributed by atoms with Crippen molar-refractivity contribution in [2.24, 2.45) is 0 Å². The topological polar surface area (TPSA) is 38.1 Å². The minimum Gasteiger partial charge on any atom is -0.469 e. The monoisotopic (exact) mass is 256 g/mol. The molecule has 0 fully saturated rings. The van der Waals surface area contributed by atoms with Gasteiger partial charge in [-0.2, -0.15) is 0 Å². The van der Waals surface area contributed by atoms with Crippen LogP contribution < -0.4 is 5.32 Å². The third kappa shape index (κ3) is 2.56. The molecule has 0 aliphatic heterocycles. The van der Waals surface area contributed by atoms with E-state index in [1.165, 1.54) is 29.7 Å². The number of aryl methyl sites for hydroxylation is 2. The smallest absolute Gasteiger partial charge is 0.108 e.